The van der Waals surface area contributed by atoms with Crippen molar-refractivity contribution in [2.45, 2.75) is 70.7 Å². The van der Waals surface area contributed by atoms with Gasteiger partial charge < -0.3 is 14.0 Å². The zero-order valence-electron chi connectivity index (χ0n) is 18.2. The van der Waals surface area contributed by atoms with Gasteiger partial charge in [-0.25, -0.2) is 0 Å². The average molecular weight is 402 g/mol. The summed E-state index contributed by atoms with van der Waals surface area (Å²) in [6.45, 7) is 9.12. The van der Waals surface area contributed by atoms with E-state index in [1.165, 1.54) is 36.1 Å². The van der Waals surface area contributed by atoms with Gasteiger partial charge in [0.25, 0.3) is 0 Å². The highest BCUT2D eigenvalue weighted by Gasteiger charge is 2.55. The Morgan fingerprint density at radius 1 is 1.11 bits per heavy atom. The van der Waals surface area contributed by atoms with Crippen molar-refractivity contribution in [3.63, 3.8) is 0 Å². The molecular formula is C23H35NO3Si. The Hall–Kier alpha value is -1.33. The van der Waals surface area contributed by atoms with Crippen molar-refractivity contribution in [3.8, 4) is 5.75 Å². The van der Waals surface area contributed by atoms with E-state index in [-0.39, 0.29) is 11.5 Å². The molecule has 0 aliphatic heterocycles. The first-order valence-electron chi connectivity index (χ1n) is 10.7. The van der Waals surface area contributed by atoms with Crippen LogP contribution in [-0.4, -0.2) is 28.2 Å². The quantitative estimate of drug-likeness (QED) is 0.465. The maximum absolute atomic E-state index is 6.28. The van der Waals surface area contributed by atoms with Gasteiger partial charge in [0, 0.05) is 12.5 Å². The molecule has 1 aromatic carbocycles. The van der Waals surface area contributed by atoms with Crippen LogP contribution in [0.25, 0.3) is 0 Å². The molecular weight excluding hydrogens is 366 g/mol. The van der Waals surface area contributed by atoms with Crippen molar-refractivity contribution >= 4 is 14.0 Å². The van der Waals surface area contributed by atoms with E-state index in [0.29, 0.717) is 17.8 Å². The van der Waals surface area contributed by atoms with Gasteiger partial charge in [-0.1, -0.05) is 18.1 Å². The van der Waals surface area contributed by atoms with Gasteiger partial charge in [-0.2, -0.15) is 0 Å². The first-order valence-corrected chi connectivity index (χ1v) is 14.1. The molecule has 5 atom stereocenters. The second-order valence-electron chi connectivity index (χ2n) is 10.1. The fourth-order valence-corrected chi connectivity index (χ4v) is 7.07. The SMILES string of the molecule is CON=C1CCC2C3CC(OC)c4cc(O[Si](C)(C)C)ccc4C3CCC12C. The third kappa shape index (κ3) is 3.30. The van der Waals surface area contributed by atoms with E-state index in [1.54, 1.807) is 7.11 Å². The summed E-state index contributed by atoms with van der Waals surface area (Å²) in [6.07, 6.45) is 5.98. The lowest BCUT2D eigenvalue weighted by Crippen LogP contribution is -2.43. The van der Waals surface area contributed by atoms with Gasteiger partial charge in [-0.3, -0.25) is 0 Å². The van der Waals surface area contributed by atoms with E-state index < -0.39 is 8.32 Å². The van der Waals surface area contributed by atoms with Crippen molar-refractivity contribution in [2.75, 3.05) is 14.2 Å². The van der Waals surface area contributed by atoms with Gasteiger partial charge >= 0.3 is 0 Å². The van der Waals surface area contributed by atoms with Crippen molar-refractivity contribution < 1.29 is 14.0 Å². The number of nitrogens with zero attached hydrogens (tertiary/aromatic N) is 1. The Balaban J connectivity index is 1.68. The molecule has 0 aromatic heterocycles. The molecule has 3 aliphatic rings. The van der Waals surface area contributed by atoms with Gasteiger partial charge in [-0.15, -0.1) is 0 Å². The monoisotopic (exact) mass is 401 g/mol. The van der Waals surface area contributed by atoms with E-state index in [0.717, 1.165) is 18.6 Å². The van der Waals surface area contributed by atoms with Crippen LogP contribution in [0.1, 0.15) is 62.2 Å². The fourth-order valence-electron chi connectivity index (χ4n) is 6.23. The summed E-state index contributed by atoms with van der Waals surface area (Å²) in [6, 6.07) is 6.78. The van der Waals surface area contributed by atoms with Crippen LogP contribution in [0.3, 0.4) is 0 Å². The summed E-state index contributed by atoms with van der Waals surface area (Å²) in [5.41, 5.74) is 4.31. The molecule has 5 heteroatoms. The van der Waals surface area contributed by atoms with Crippen LogP contribution in [0.15, 0.2) is 23.4 Å². The normalized spacial score (nSPS) is 35.9. The summed E-state index contributed by atoms with van der Waals surface area (Å²) in [5, 5.41) is 4.42. The number of oxime groups is 1. The number of ether oxygens (including phenoxy) is 1. The molecule has 0 saturated heterocycles. The zero-order valence-corrected chi connectivity index (χ0v) is 19.2. The average Bonchev–Trinajstić information content (AvgIpc) is 2.96. The minimum absolute atomic E-state index is 0.159. The van der Waals surface area contributed by atoms with Gasteiger partial charge in [0.05, 0.1) is 11.8 Å². The Morgan fingerprint density at radius 2 is 1.89 bits per heavy atom. The highest BCUT2D eigenvalue weighted by atomic mass is 28.4. The standard InChI is InChI=1S/C23H35NO3Si/c1-23-12-11-17-16-8-7-15(27-28(4,5)6)13-19(16)21(25-2)14-18(17)20(23)9-10-22(23)24-26-3/h7-8,13,17-18,20-21H,9-12,14H2,1-6H3. The predicted octanol–water partition coefficient (Wildman–Crippen LogP) is 5.90. The molecule has 2 saturated carbocycles. The van der Waals surface area contributed by atoms with E-state index in [2.05, 4.69) is 49.9 Å². The first-order chi connectivity index (χ1) is 13.3. The third-order valence-electron chi connectivity index (χ3n) is 7.38. The smallest absolute Gasteiger partial charge is 0.242 e. The molecule has 154 valence electrons. The van der Waals surface area contributed by atoms with Crippen LogP contribution < -0.4 is 4.43 Å². The van der Waals surface area contributed by atoms with Crippen molar-refractivity contribution in [3.05, 3.63) is 29.3 Å². The zero-order chi connectivity index (χ0) is 20.1. The van der Waals surface area contributed by atoms with Gasteiger partial charge in [0.2, 0.25) is 8.32 Å². The molecule has 0 radical (unpaired) electrons. The van der Waals surface area contributed by atoms with E-state index >= 15 is 0 Å². The Labute approximate surface area is 170 Å². The number of hydrogen-bond donors (Lipinski definition) is 0. The van der Waals surface area contributed by atoms with E-state index in [9.17, 15) is 0 Å². The Kier molecular flexibility index (Phi) is 5.11. The molecule has 2 fully saturated rings. The fraction of sp³-hybridized carbons (Fsp3) is 0.696. The summed E-state index contributed by atoms with van der Waals surface area (Å²) < 4.78 is 12.3. The van der Waals surface area contributed by atoms with Crippen LogP contribution in [0.4, 0.5) is 0 Å². The van der Waals surface area contributed by atoms with Gasteiger partial charge in [0.1, 0.15) is 12.9 Å². The highest BCUT2D eigenvalue weighted by Crippen LogP contribution is 2.61. The molecule has 0 spiro atoms. The number of fused-ring (bicyclic) bond motifs is 5. The van der Waals surface area contributed by atoms with Crippen molar-refractivity contribution in [2.24, 2.45) is 22.4 Å². The summed E-state index contributed by atoms with van der Waals surface area (Å²) in [4.78, 5) is 5.18. The highest BCUT2D eigenvalue weighted by molar-refractivity contribution is 6.70. The molecule has 0 N–H and O–H groups in total. The number of methoxy groups -OCH3 is 1. The third-order valence-corrected chi connectivity index (χ3v) is 8.23. The number of hydrogen-bond acceptors (Lipinski definition) is 4. The topological polar surface area (TPSA) is 40.0 Å². The molecule has 0 amide bonds. The number of rotatable bonds is 4. The molecule has 0 heterocycles. The van der Waals surface area contributed by atoms with Crippen LogP contribution >= 0.6 is 0 Å². The molecule has 0 bridgehead atoms. The van der Waals surface area contributed by atoms with Crippen LogP contribution in [0.5, 0.6) is 5.75 Å². The number of benzene rings is 1. The lowest BCUT2D eigenvalue weighted by atomic mass is 9.55. The summed E-state index contributed by atoms with van der Waals surface area (Å²) in [7, 11) is 1.91. The maximum Gasteiger partial charge on any atom is 0.242 e. The van der Waals surface area contributed by atoms with Crippen LogP contribution in [0, 0.1) is 17.3 Å². The van der Waals surface area contributed by atoms with Crippen molar-refractivity contribution in [1.29, 1.82) is 0 Å². The first kappa shape index (κ1) is 20.0. The predicted molar refractivity (Wildman–Crippen MR) is 116 cm³/mol. The Bertz CT molecular complexity index is 772. The largest absolute Gasteiger partial charge is 0.544 e. The van der Waals surface area contributed by atoms with E-state index in [4.69, 9.17) is 14.0 Å². The van der Waals surface area contributed by atoms with Crippen LogP contribution in [0.2, 0.25) is 19.6 Å². The van der Waals surface area contributed by atoms with Crippen molar-refractivity contribution in [1.82, 2.24) is 0 Å². The Morgan fingerprint density at radius 3 is 2.57 bits per heavy atom. The minimum Gasteiger partial charge on any atom is -0.544 e. The van der Waals surface area contributed by atoms with Crippen LogP contribution in [-0.2, 0) is 9.57 Å². The lowest BCUT2D eigenvalue weighted by molar-refractivity contribution is 0.0136. The lowest BCUT2D eigenvalue weighted by Gasteiger charge is -2.50. The van der Waals surface area contributed by atoms with E-state index in [1.807, 2.05) is 7.11 Å². The second-order valence-corrected chi connectivity index (χ2v) is 14.5. The minimum atomic E-state index is -1.62. The molecule has 5 unspecified atom stereocenters. The van der Waals surface area contributed by atoms with Gasteiger partial charge in [0.15, 0.2) is 0 Å². The molecule has 4 nitrogen and oxygen atoms in total. The molecule has 28 heavy (non-hydrogen) atoms. The molecule has 1 aromatic rings. The molecule has 4 rings (SSSR count). The summed E-state index contributed by atoms with van der Waals surface area (Å²) in [5.74, 6) is 2.96. The summed E-state index contributed by atoms with van der Waals surface area (Å²) >= 11 is 0. The molecule has 3 aliphatic carbocycles. The second kappa shape index (κ2) is 7.17. The maximum atomic E-state index is 6.28. The van der Waals surface area contributed by atoms with Gasteiger partial charge in [-0.05, 0) is 92.8 Å².